The van der Waals surface area contributed by atoms with Gasteiger partial charge in [-0.3, -0.25) is 9.69 Å². The lowest BCUT2D eigenvalue weighted by molar-refractivity contribution is -0.126. The molecule has 28 heavy (non-hydrogen) atoms. The molecule has 0 aliphatic carbocycles. The molecule has 3 nitrogen and oxygen atoms in total. The highest BCUT2D eigenvalue weighted by Crippen LogP contribution is 2.25. The van der Waals surface area contributed by atoms with Crippen molar-refractivity contribution in [1.82, 2.24) is 10.2 Å². The zero-order valence-electron chi connectivity index (χ0n) is 15.5. The molecule has 0 saturated carbocycles. The summed E-state index contributed by atoms with van der Waals surface area (Å²) in [5.74, 6) is 1.03. The molecular weight excluding hydrogens is 435 g/mol. The Hall–Kier alpha value is -0.910. The van der Waals surface area contributed by atoms with Gasteiger partial charge in [-0.05, 0) is 61.3 Å². The number of rotatable bonds is 7. The van der Waals surface area contributed by atoms with Gasteiger partial charge in [0.05, 0.1) is 16.0 Å². The highest BCUT2D eigenvalue weighted by molar-refractivity contribution is 7.99. The van der Waals surface area contributed by atoms with Crippen LogP contribution >= 0.6 is 46.6 Å². The maximum absolute atomic E-state index is 12.5. The van der Waals surface area contributed by atoms with Gasteiger partial charge in [-0.25, -0.2) is 0 Å². The lowest BCUT2D eigenvalue weighted by Crippen LogP contribution is -2.43. The van der Waals surface area contributed by atoms with Crippen LogP contribution in [0.4, 0.5) is 0 Å². The van der Waals surface area contributed by atoms with Crippen LogP contribution in [-0.4, -0.2) is 36.2 Å². The predicted molar refractivity (Wildman–Crippen MR) is 120 cm³/mol. The van der Waals surface area contributed by atoms with Crippen LogP contribution in [0.5, 0.6) is 0 Å². The second kappa shape index (κ2) is 10.7. The molecule has 0 spiro atoms. The molecule has 1 atom stereocenters. The fourth-order valence-corrected chi connectivity index (χ4v) is 4.54. The highest BCUT2D eigenvalue weighted by atomic mass is 35.5. The van der Waals surface area contributed by atoms with Gasteiger partial charge in [-0.1, -0.05) is 40.9 Å². The molecule has 1 saturated heterocycles. The molecule has 1 fully saturated rings. The average Bonchev–Trinajstić information content (AvgIpc) is 2.69. The van der Waals surface area contributed by atoms with E-state index >= 15 is 0 Å². The molecule has 7 heteroatoms. The standard InChI is InChI=1S/C21H23Cl3N2OS/c22-17-4-6-18(7-5-17)28-11-9-25-21(27)16-2-1-10-26(14-16)13-15-3-8-19(23)20(24)12-15/h3-8,12,16H,1-2,9-11,13-14H2,(H,25,27). The number of thioether (sulfide) groups is 1. The van der Waals surface area contributed by atoms with E-state index in [1.54, 1.807) is 11.8 Å². The Kier molecular flexibility index (Phi) is 8.36. The van der Waals surface area contributed by atoms with Gasteiger partial charge in [0.1, 0.15) is 0 Å². The monoisotopic (exact) mass is 456 g/mol. The second-order valence-electron chi connectivity index (χ2n) is 6.92. The minimum atomic E-state index is 0.0389. The largest absolute Gasteiger partial charge is 0.355 e. The van der Waals surface area contributed by atoms with Crippen molar-refractivity contribution in [2.45, 2.75) is 24.3 Å². The second-order valence-corrected chi connectivity index (χ2v) is 9.34. The van der Waals surface area contributed by atoms with Crippen LogP contribution in [0.1, 0.15) is 18.4 Å². The summed E-state index contributed by atoms with van der Waals surface area (Å²) in [4.78, 5) is 16.0. The molecule has 2 aromatic carbocycles. The molecule has 3 rings (SSSR count). The van der Waals surface area contributed by atoms with Gasteiger partial charge in [0.2, 0.25) is 5.91 Å². The van der Waals surface area contributed by atoms with Crippen molar-refractivity contribution in [2.24, 2.45) is 5.92 Å². The predicted octanol–water partition coefficient (Wildman–Crippen LogP) is 5.77. The summed E-state index contributed by atoms with van der Waals surface area (Å²) in [6.07, 6.45) is 1.97. The van der Waals surface area contributed by atoms with E-state index in [1.165, 1.54) is 0 Å². The summed E-state index contributed by atoms with van der Waals surface area (Å²) >= 11 is 19.7. The SMILES string of the molecule is O=C(NCCSc1ccc(Cl)cc1)C1CCCN(Cc2ccc(Cl)c(Cl)c2)C1. The Morgan fingerprint density at radius 1 is 1.11 bits per heavy atom. The molecule has 1 amide bonds. The van der Waals surface area contributed by atoms with Crippen molar-refractivity contribution in [2.75, 3.05) is 25.4 Å². The van der Waals surface area contributed by atoms with E-state index in [0.717, 1.165) is 53.7 Å². The molecule has 1 aliphatic heterocycles. The van der Waals surface area contributed by atoms with Crippen LogP contribution in [0, 0.1) is 5.92 Å². The van der Waals surface area contributed by atoms with E-state index in [-0.39, 0.29) is 11.8 Å². The van der Waals surface area contributed by atoms with Crippen LogP contribution in [0.2, 0.25) is 15.1 Å². The van der Waals surface area contributed by atoms with Gasteiger partial charge in [0, 0.05) is 35.3 Å². The first kappa shape index (κ1) is 21.8. The summed E-state index contributed by atoms with van der Waals surface area (Å²) < 4.78 is 0. The van der Waals surface area contributed by atoms with Crippen molar-refractivity contribution in [3.8, 4) is 0 Å². The van der Waals surface area contributed by atoms with Crippen molar-refractivity contribution < 1.29 is 4.79 Å². The number of likely N-dealkylation sites (tertiary alicyclic amines) is 1. The minimum Gasteiger partial charge on any atom is -0.355 e. The summed E-state index contributed by atoms with van der Waals surface area (Å²) in [5, 5.41) is 4.96. The molecule has 2 aromatic rings. The Balaban J connectivity index is 1.42. The van der Waals surface area contributed by atoms with Gasteiger partial charge in [-0.15, -0.1) is 11.8 Å². The van der Waals surface area contributed by atoms with Gasteiger partial charge in [0.25, 0.3) is 0 Å². The van der Waals surface area contributed by atoms with Crippen molar-refractivity contribution >= 4 is 52.5 Å². The molecule has 0 aromatic heterocycles. The van der Waals surface area contributed by atoms with E-state index in [4.69, 9.17) is 34.8 Å². The third-order valence-electron chi connectivity index (χ3n) is 4.75. The van der Waals surface area contributed by atoms with E-state index in [2.05, 4.69) is 10.2 Å². The van der Waals surface area contributed by atoms with Crippen LogP contribution in [0.15, 0.2) is 47.4 Å². The number of nitrogens with one attached hydrogen (secondary N) is 1. The number of hydrogen-bond donors (Lipinski definition) is 1. The zero-order chi connectivity index (χ0) is 19.9. The van der Waals surface area contributed by atoms with Crippen LogP contribution in [0.3, 0.4) is 0 Å². The minimum absolute atomic E-state index is 0.0389. The van der Waals surface area contributed by atoms with Crippen LogP contribution < -0.4 is 5.32 Å². The maximum Gasteiger partial charge on any atom is 0.224 e. The molecule has 1 aliphatic rings. The summed E-state index contributed by atoms with van der Waals surface area (Å²) in [5.41, 5.74) is 1.12. The van der Waals surface area contributed by atoms with Gasteiger partial charge < -0.3 is 5.32 Å². The summed E-state index contributed by atoms with van der Waals surface area (Å²) in [7, 11) is 0. The fraction of sp³-hybridized carbons (Fsp3) is 0.381. The van der Waals surface area contributed by atoms with Gasteiger partial charge in [-0.2, -0.15) is 0 Å². The highest BCUT2D eigenvalue weighted by Gasteiger charge is 2.25. The zero-order valence-corrected chi connectivity index (χ0v) is 18.6. The molecule has 150 valence electrons. The maximum atomic E-state index is 12.5. The first-order chi connectivity index (χ1) is 13.5. The number of piperidine rings is 1. The lowest BCUT2D eigenvalue weighted by atomic mass is 9.96. The number of amides is 1. The van der Waals surface area contributed by atoms with E-state index < -0.39 is 0 Å². The molecule has 0 radical (unpaired) electrons. The van der Waals surface area contributed by atoms with E-state index in [9.17, 15) is 4.79 Å². The fourth-order valence-electron chi connectivity index (χ4n) is 3.33. The number of carbonyl (C=O) groups excluding carboxylic acids is 1. The summed E-state index contributed by atoms with van der Waals surface area (Å²) in [6.45, 7) is 3.22. The molecular formula is C21H23Cl3N2OS. The number of nitrogens with zero attached hydrogens (tertiary/aromatic N) is 1. The first-order valence-electron chi connectivity index (χ1n) is 9.33. The van der Waals surface area contributed by atoms with Crippen molar-refractivity contribution in [3.63, 3.8) is 0 Å². The number of hydrogen-bond acceptors (Lipinski definition) is 3. The number of benzene rings is 2. The van der Waals surface area contributed by atoms with Gasteiger partial charge >= 0.3 is 0 Å². The first-order valence-corrected chi connectivity index (χ1v) is 11.5. The molecule has 1 unspecified atom stereocenters. The molecule has 1 N–H and O–H groups in total. The third kappa shape index (κ3) is 6.57. The van der Waals surface area contributed by atoms with Gasteiger partial charge in [0.15, 0.2) is 0 Å². The Labute approximate surface area is 185 Å². The number of carbonyl (C=O) groups is 1. The van der Waals surface area contributed by atoms with Crippen LogP contribution in [-0.2, 0) is 11.3 Å². The smallest absolute Gasteiger partial charge is 0.224 e. The normalized spacial score (nSPS) is 17.5. The Morgan fingerprint density at radius 2 is 1.89 bits per heavy atom. The molecule has 0 bridgehead atoms. The summed E-state index contributed by atoms with van der Waals surface area (Å²) in [6, 6.07) is 13.5. The van der Waals surface area contributed by atoms with Crippen LogP contribution in [0.25, 0.3) is 0 Å². The lowest BCUT2D eigenvalue weighted by Gasteiger charge is -2.32. The average molecular weight is 458 g/mol. The quantitative estimate of drug-likeness (QED) is 0.423. The van der Waals surface area contributed by atoms with Crippen molar-refractivity contribution in [3.05, 3.63) is 63.1 Å². The topological polar surface area (TPSA) is 32.3 Å². The van der Waals surface area contributed by atoms with E-state index in [0.29, 0.717) is 16.6 Å². The number of halogens is 3. The van der Waals surface area contributed by atoms with Crippen molar-refractivity contribution in [1.29, 1.82) is 0 Å². The Morgan fingerprint density at radius 3 is 2.64 bits per heavy atom. The Bertz CT molecular complexity index is 801. The third-order valence-corrected chi connectivity index (χ3v) is 6.75. The molecule has 1 heterocycles. The van der Waals surface area contributed by atoms with E-state index in [1.807, 2.05) is 42.5 Å².